The highest BCUT2D eigenvalue weighted by Crippen LogP contribution is 2.34. The van der Waals surface area contributed by atoms with Crippen LogP contribution in [0.25, 0.3) is 0 Å². The van der Waals surface area contributed by atoms with Gasteiger partial charge in [0.2, 0.25) is 9.84 Å². The maximum atomic E-state index is 12.3. The summed E-state index contributed by atoms with van der Waals surface area (Å²) in [5, 5.41) is 0. The van der Waals surface area contributed by atoms with Crippen LogP contribution in [0.1, 0.15) is 32.1 Å². The Labute approximate surface area is 103 Å². The molecule has 0 aromatic heterocycles. The molecule has 2 rings (SSSR count). The lowest BCUT2D eigenvalue weighted by atomic mass is 9.89. The Morgan fingerprint density at radius 3 is 2.24 bits per heavy atom. The molecule has 0 aliphatic heterocycles. The number of benzene rings is 1. The average Bonchev–Trinajstić information content (AvgIpc) is 2.40. The molecule has 17 heavy (non-hydrogen) atoms. The van der Waals surface area contributed by atoms with Crippen LogP contribution in [0.15, 0.2) is 46.7 Å². The molecule has 2 nitrogen and oxygen atoms in total. The SMILES string of the molecule is C=C(C1CCCCC1)S(=O)(=O)c1ccccc1. The van der Waals surface area contributed by atoms with Crippen molar-refractivity contribution in [2.45, 2.75) is 37.0 Å². The second kappa shape index (κ2) is 5.05. The zero-order valence-electron chi connectivity index (χ0n) is 9.93. The Bertz CT molecular complexity index is 482. The summed E-state index contributed by atoms with van der Waals surface area (Å²) in [5.74, 6) is 0.147. The molecule has 1 aromatic carbocycles. The predicted molar refractivity (Wildman–Crippen MR) is 69.3 cm³/mol. The second-order valence-electron chi connectivity index (χ2n) is 4.62. The first kappa shape index (κ1) is 12.4. The van der Waals surface area contributed by atoms with Crippen LogP contribution in [0.2, 0.25) is 0 Å². The molecule has 1 aliphatic rings. The van der Waals surface area contributed by atoms with Gasteiger partial charge in [0.05, 0.1) is 4.90 Å². The van der Waals surface area contributed by atoms with Crippen molar-refractivity contribution in [3.05, 3.63) is 41.8 Å². The predicted octanol–water partition coefficient (Wildman–Crippen LogP) is 3.55. The number of hydrogen-bond donors (Lipinski definition) is 0. The molecule has 1 aromatic rings. The number of sulfone groups is 1. The van der Waals surface area contributed by atoms with Gasteiger partial charge in [0.25, 0.3) is 0 Å². The van der Waals surface area contributed by atoms with Gasteiger partial charge in [-0.3, -0.25) is 0 Å². The van der Waals surface area contributed by atoms with Gasteiger partial charge in [-0.05, 0) is 30.9 Å². The van der Waals surface area contributed by atoms with E-state index in [1.807, 2.05) is 6.07 Å². The van der Waals surface area contributed by atoms with Gasteiger partial charge < -0.3 is 0 Å². The molecular weight excluding hydrogens is 232 g/mol. The molecule has 1 aliphatic carbocycles. The van der Waals surface area contributed by atoms with Crippen molar-refractivity contribution in [3.8, 4) is 0 Å². The number of rotatable bonds is 3. The molecule has 0 amide bonds. The third-order valence-corrected chi connectivity index (χ3v) is 5.38. The van der Waals surface area contributed by atoms with E-state index in [1.165, 1.54) is 6.42 Å². The minimum atomic E-state index is -3.33. The molecule has 3 heteroatoms. The first-order valence-corrected chi connectivity index (χ1v) is 7.59. The van der Waals surface area contributed by atoms with E-state index in [9.17, 15) is 8.42 Å². The van der Waals surface area contributed by atoms with Crippen molar-refractivity contribution in [1.82, 2.24) is 0 Å². The van der Waals surface area contributed by atoms with Crippen molar-refractivity contribution < 1.29 is 8.42 Å². The Morgan fingerprint density at radius 2 is 1.65 bits per heavy atom. The van der Waals surface area contributed by atoms with Gasteiger partial charge in [-0.25, -0.2) is 8.42 Å². The lowest BCUT2D eigenvalue weighted by Crippen LogP contribution is -2.16. The minimum Gasteiger partial charge on any atom is -0.219 e. The summed E-state index contributed by atoms with van der Waals surface area (Å²) < 4.78 is 24.7. The molecule has 0 radical (unpaired) electrons. The van der Waals surface area contributed by atoms with Gasteiger partial charge in [-0.1, -0.05) is 44.0 Å². The molecular formula is C14H18O2S. The summed E-state index contributed by atoms with van der Waals surface area (Å²) in [6.07, 6.45) is 5.38. The highest BCUT2D eigenvalue weighted by molar-refractivity contribution is 7.95. The fraction of sp³-hybridized carbons (Fsp3) is 0.429. The zero-order valence-corrected chi connectivity index (χ0v) is 10.7. The van der Waals surface area contributed by atoms with Crippen LogP contribution < -0.4 is 0 Å². The zero-order chi connectivity index (χ0) is 12.3. The van der Waals surface area contributed by atoms with Crippen molar-refractivity contribution in [3.63, 3.8) is 0 Å². The Balaban J connectivity index is 2.24. The van der Waals surface area contributed by atoms with Gasteiger partial charge >= 0.3 is 0 Å². The molecule has 0 heterocycles. The first-order valence-electron chi connectivity index (χ1n) is 6.11. The second-order valence-corrected chi connectivity index (χ2v) is 6.62. The molecule has 0 N–H and O–H groups in total. The smallest absolute Gasteiger partial charge is 0.202 e. The summed E-state index contributed by atoms with van der Waals surface area (Å²) in [4.78, 5) is 0.777. The number of allylic oxidation sites excluding steroid dienone is 1. The van der Waals surface area contributed by atoms with Crippen molar-refractivity contribution >= 4 is 9.84 Å². The maximum absolute atomic E-state index is 12.3. The van der Waals surface area contributed by atoms with Gasteiger partial charge in [-0.2, -0.15) is 0 Å². The fourth-order valence-electron chi connectivity index (χ4n) is 2.40. The van der Waals surface area contributed by atoms with Gasteiger partial charge in [0.1, 0.15) is 0 Å². The van der Waals surface area contributed by atoms with E-state index in [0.717, 1.165) is 25.7 Å². The quantitative estimate of drug-likeness (QED) is 0.822. The topological polar surface area (TPSA) is 34.1 Å². The van der Waals surface area contributed by atoms with Crippen molar-refractivity contribution in [1.29, 1.82) is 0 Å². The third kappa shape index (κ3) is 2.60. The van der Waals surface area contributed by atoms with Crippen LogP contribution in [0, 0.1) is 5.92 Å². The lowest BCUT2D eigenvalue weighted by Gasteiger charge is -2.23. The van der Waals surface area contributed by atoms with E-state index in [4.69, 9.17) is 0 Å². The summed E-state index contributed by atoms with van der Waals surface area (Å²) in [5.41, 5.74) is 0. The van der Waals surface area contributed by atoms with Crippen molar-refractivity contribution in [2.75, 3.05) is 0 Å². The standard InChI is InChI=1S/C14H18O2S/c1-12(13-8-4-2-5-9-13)17(15,16)14-10-6-3-7-11-14/h3,6-7,10-11,13H,1-2,4-5,8-9H2. The van der Waals surface area contributed by atoms with Crippen LogP contribution in [0.5, 0.6) is 0 Å². The van der Waals surface area contributed by atoms with E-state index >= 15 is 0 Å². The van der Waals surface area contributed by atoms with Crippen LogP contribution in [-0.4, -0.2) is 8.42 Å². The Hall–Kier alpha value is -1.09. The highest BCUT2D eigenvalue weighted by atomic mass is 32.2. The van der Waals surface area contributed by atoms with E-state index in [0.29, 0.717) is 9.80 Å². The molecule has 0 unspecified atom stereocenters. The molecule has 92 valence electrons. The first-order chi connectivity index (χ1) is 8.12. The summed E-state index contributed by atoms with van der Waals surface area (Å²) in [7, 11) is -3.33. The van der Waals surface area contributed by atoms with E-state index in [1.54, 1.807) is 24.3 Å². The third-order valence-electron chi connectivity index (χ3n) is 3.46. The van der Waals surface area contributed by atoms with E-state index in [-0.39, 0.29) is 5.92 Å². The number of hydrogen-bond acceptors (Lipinski definition) is 2. The fourth-order valence-corrected chi connectivity index (χ4v) is 3.89. The highest BCUT2D eigenvalue weighted by Gasteiger charge is 2.27. The van der Waals surface area contributed by atoms with E-state index in [2.05, 4.69) is 6.58 Å². The molecule has 1 fully saturated rings. The Kier molecular flexibility index (Phi) is 3.67. The van der Waals surface area contributed by atoms with Crippen LogP contribution in [0.4, 0.5) is 0 Å². The normalized spacial score (nSPS) is 17.9. The van der Waals surface area contributed by atoms with Crippen LogP contribution >= 0.6 is 0 Å². The van der Waals surface area contributed by atoms with Crippen LogP contribution in [0.3, 0.4) is 0 Å². The molecule has 1 saturated carbocycles. The summed E-state index contributed by atoms with van der Waals surface area (Å²) >= 11 is 0. The van der Waals surface area contributed by atoms with Gasteiger partial charge in [-0.15, -0.1) is 0 Å². The average molecular weight is 250 g/mol. The van der Waals surface area contributed by atoms with Crippen molar-refractivity contribution in [2.24, 2.45) is 5.92 Å². The maximum Gasteiger partial charge on any atom is 0.202 e. The van der Waals surface area contributed by atoms with E-state index < -0.39 is 9.84 Å². The summed E-state index contributed by atoms with van der Waals surface area (Å²) in [6.45, 7) is 3.84. The summed E-state index contributed by atoms with van der Waals surface area (Å²) in [6, 6.07) is 8.61. The molecule has 0 spiro atoms. The monoisotopic (exact) mass is 250 g/mol. The van der Waals surface area contributed by atoms with Gasteiger partial charge in [0.15, 0.2) is 0 Å². The van der Waals surface area contributed by atoms with Gasteiger partial charge in [0, 0.05) is 4.91 Å². The lowest BCUT2D eigenvalue weighted by molar-refractivity contribution is 0.411. The minimum absolute atomic E-state index is 0.147. The Morgan fingerprint density at radius 1 is 1.06 bits per heavy atom. The molecule has 0 atom stereocenters. The largest absolute Gasteiger partial charge is 0.219 e. The molecule has 0 bridgehead atoms. The molecule has 0 saturated heterocycles. The van der Waals surface area contributed by atoms with Crippen LogP contribution in [-0.2, 0) is 9.84 Å².